The van der Waals surface area contributed by atoms with Crippen LogP contribution in [0.15, 0.2) is 30.7 Å². The molecule has 4 aromatic rings. The zero-order valence-corrected chi connectivity index (χ0v) is 15.6. The maximum absolute atomic E-state index is 15.2. The smallest absolute Gasteiger partial charge is 0.382 e. The molecule has 0 aliphatic heterocycles. The quantitative estimate of drug-likeness (QED) is 0.454. The number of hydrogen-bond donors (Lipinski definition) is 2. The van der Waals surface area contributed by atoms with Gasteiger partial charge in [-0.1, -0.05) is 11.6 Å². The Morgan fingerprint density at radius 2 is 2.07 bits per heavy atom. The molecule has 1 unspecified atom stereocenters. The predicted molar refractivity (Wildman–Crippen MR) is 100 cm³/mol. The molecule has 0 amide bonds. The van der Waals surface area contributed by atoms with Crippen LogP contribution < -0.4 is 5.73 Å². The van der Waals surface area contributed by atoms with Crippen LogP contribution in [0, 0.1) is 5.82 Å². The van der Waals surface area contributed by atoms with Crippen LogP contribution in [0.3, 0.4) is 0 Å². The molecule has 3 heterocycles. The van der Waals surface area contributed by atoms with Crippen molar-refractivity contribution in [3.8, 4) is 11.1 Å². The van der Waals surface area contributed by atoms with Gasteiger partial charge >= 0.3 is 6.18 Å². The highest BCUT2D eigenvalue weighted by Crippen LogP contribution is 2.45. The van der Waals surface area contributed by atoms with E-state index in [1.165, 1.54) is 13.1 Å². The number of pyridine rings is 1. The van der Waals surface area contributed by atoms with Gasteiger partial charge in [-0.3, -0.25) is 5.10 Å². The highest BCUT2D eigenvalue weighted by Gasteiger charge is 2.45. The summed E-state index contributed by atoms with van der Waals surface area (Å²) in [6, 6.07) is 3.26. The summed E-state index contributed by atoms with van der Waals surface area (Å²) in [7, 11) is 0. The third-order valence-electron chi connectivity index (χ3n) is 4.48. The first-order valence-corrected chi connectivity index (χ1v) is 8.87. The molecule has 0 radical (unpaired) electrons. The second-order valence-corrected chi connectivity index (χ2v) is 6.68. The number of anilines is 1. The average Bonchev–Trinajstić information content (AvgIpc) is 3.26. The number of aromatic nitrogens is 4. The molecule has 0 spiro atoms. The summed E-state index contributed by atoms with van der Waals surface area (Å²) >= 11 is 6.23. The molecule has 0 aliphatic rings. The van der Waals surface area contributed by atoms with Gasteiger partial charge in [-0.2, -0.15) is 18.3 Å². The second-order valence-electron chi connectivity index (χ2n) is 6.30. The Kier molecular flexibility index (Phi) is 4.62. The van der Waals surface area contributed by atoms with Crippen molar-refractivity contribution in [2.24, 2.45) is 0 Å². The Morgan fingerprint density at radius 1 is 1.31 bits per heavy atom. The highest BCUT2D eigenvalue weighted by molar-refractivity contribution is 6.35. The number of nitrogens with zero attached hydrogens (tertiary/aromatic N) is 3. The molecule has 0 saturated heterocycles. The first kappa shape index (κ1) is 19.5. The van der Waals surface area contributed by atoms with Crippen molar-refractivity contribution < 1.29 is 22.3 Å². The van der Waals surface area contributed by atoms with E-state index < -0.39 is 28.7 Å². The number of hydrogen-bond acceptors (Lipinski definition) is 4. The fourth-order valence-electron chi connectivity index (χ4n) is 3.33. The average molecular weight is 428 g/mol. The summed E-state index contributed by atoms with van der Waals surface area (Å²) in [5.41, 5.74) is 6.02. The minimum absolute atomic E-state index is 0.136. The molecule has 4 rings (SSSR count). The number of H-pyrrole nitrogens is 1. The first-order valence-electron chi connectivity index (χ1n) is 8.49. The topological polar surface area (TPSA) is 81.2 Å². The molecule has 1 aromatic carbocycles. The number of alkyl halides is 3. The van der Waals surface area contributed by atoms with Gasteiger partial charge in [-0.25, -0.2) is 9.37 Å². The van der Waals surface area contributed by atoms with E-state index in [4.69, 9.17) is 22.1 Å². The summed E-state index contributed by atoms with van der Waals surface area (Å²) < 4.78 is 62.2. The van der Waals surface area contributed by atoms with Gasteiger partial charge < -0.3 is 14.9 Å². The van der Waals surface area contributed by atoms with E-state index in [2.05, 4.69) is 15.2 Å². The number of nitrogens with two attached hydrogens (primary N) is 1. The SMILES string of the molecule is CCOC(c1c(F)c(Cl)c(-c2ccc3nc(N)cn3c2)c2cn[nH]c12)C(F)(F)F. The van der Waals surface area contributed by atoms with Gasteiger partial charge in [-0.05, 0) is 19.1 Å². The van der Waals surface area contributed by atoms with Crippen LogP contribution in [0.5, 0.6) is 0 Å². The van der Waals surface area contributed by atoms with Gasteiger partial charge in [0.05, 0.1) is 28.5 Å². The number of fused-ring (bicyclic) bond motifs is 2. The Bertz CT molecular complexity index is 1220. The van der Waals surface area contributed by atoms with E-state index in [0.29, 0.717) is 11.2 Å². The van der Waals surface area contributed by atoms with E-state index in [1.807, 2.05) is 0 Å². The minimum Gasteiger partial charge on any atom is -0.382 e. The zero-order valence-electron chi connectivity index (χ0n) is 14.9. The van der Waals surface area contributed by atoms with E-state index in [1.54, 1.807) is 28.9 Å². The van der Waals surface area contributed by atoms with Crippen LogP contribution in [0.4, 0.5) is 23.4 Å². The molecular weight excluding hydrogens is 414 g/mol. The Balaban J connectivity index is 2.00. The lowest BCUT2D eigenvalue weighted by Crippen LogP contribution is -2.25. The summed E-state index contributed by atoms with van der Waals surface area (Å²) in [5, 5.41) is 6.03. The molecule has 0 bridgehead atoms. The Hall–Kier alpha value is -2.85. The lowest BCUT2D eigenvalue weighted by atomic mass is 9.97. The van der Waals surface area contributed by atoms with Gasteiger partial charge in [0, 0.05) is 29.3 Å². The van der Waals surface area contributed by atoms with Crippen molar-refractivity contribution >= 4 is 34.0 Å². The monoisotopic (exact) mass is 427 g/mol. The van der Waals surface area contributed by atoms with Crippen LogP contribution in [0.1, 0.15) is 18.6 Å². The third kappa shape index (κ3) is 3.18. The number of nitrogens with one attached hydrogen (secondary N) is 1. The normalized spacial score (nSPS) is 13.4. The molecule has 6 nitrogen and oxygen atoms in total. The van der Waals surface area contributed by atoms with Gasteiger partial charge in [0.2, 0.25) is 0 Å². The summed E-state index contributed by atoms with van der Waals surface area (Å²) in [6.07, 6.45) is -2.87. The Morgan fingerprint density at radius 3 is 2.76 bits per heavy atom. The van der Waals surface area contributed by atoms with Crippen LogP contribution in [-0.2, 0) is 4.74 Å². The van der Waals surface area contributed by atoms with Crippen molar-refractivity contribution in [2.45, 2.75) is 19.2 Å². The van der Waals surface area contributed by atoms with Crippen LogP contribution in [0.25, 0.3) is 27.7 Å². The first-order chi connectivity index (χ1) is 13.7. The predicted octanol–water partition coefficient (Wildman–Crippen LogP) is 4.89. The van der Waals surface area contributed by atoms with Crippen LogP contribution in [-0.4, -0.2) is 32.4 Å². The summed E-state index contributed by atoms with van der Waals surface area (Å²) in [4.78, 5) is 4.10. The fraction of sp³-hybridized carbons (Fsp3) is 0.222. The van der Waals surface area contributed by atoms with Crippen molar-refractivity contribution in [1.82, 2.24) is 19.6 Å². The van der Waals surface area contributed by atoms with Crippen molar-refractivity contribution in [3.05, 3.63) is 47.1 Å². The highest BCUT2D eigenvalue weighted by atomic mass is 35.5. The third-order valence-corrected chi connectivity index (χ3v) is 4.83. The van der Waals surface area contributed by atoms with E-state index in [9.17, 15) is 13.2 Å². The molecule has 3 N–H and O–H groups in total. The molecule has 0 fully saturated rings. The maximum Gasteiger partial charge on any atom is 0.419 e. The number of benzene rings is 1. The molecular formula is C18H14ClF4N5O. The number of ether oxygens (including phenoxy) is 1. The molecule has 29 heavy (non-hydrogen) atoms. The molecule has 152 valence electrons. The van der Waals surface area contributed by atoms with E-state index >= 15 is 4.39 Å². The second kappa shape index (κ2) is 6.89. The van der Waals surface area contributed by atoms with Gasteiger partial charge in [0.15, 0.2) is 11.9 Å². The lowest BCUT2D eigenvalue weighted by molar-refractivity contribution is -0.223. The number of aromatic amines is 1. The number of imidazole rings is 1. The van der Waals surface area contributed by atoms with Crippen molar-refractivity contribution in [1.29, 1.82) is 0 Å². The minimum atomic E-state index is -4.84. The number of nitrogen functional groups attached to an aromatic ring is 1. The van der Waals surface area contributed by atoms with Gasteiger partial charge in [0.25, 0.3) is 0 Å². The standard InChI is InChI=1S/C18H14ClF4N5O/c1-2-29-17(18(21,22)23)13-15(20)14(19)12(9-5-25-27-16(9)13)8-3-4-11-26-10(24)7-28(11)6-8/h3-7,17H,2,24H2,1H3,(H,25,27). The summed E-state index contributed by atoms with van der Waals surface area (Å²) in [5.74, 6) is -0.938. The largest absolute Gasteiger partial charge is 0.419 e. The molecule has 1 atom stereocenters. The van der Waals surface area contributed by atoms with Crippen LogP contribution in [0.2, 0.25) is 5.02 Å². The van der Waals surface area contributed by atoms with Crippen LogP contribution >= 0.6 is 11.6 Å². The van der Waals surface area contributed by atoms with Gasteiger partial charge in [0.1, 0.15) is 11.5 Å². The van der Waals surface area contributed by atoms with E-state index in [0.717, 1.165) is 0 Å². The fourth-order valence-corrected chi connectivity index (χ4v) is 3.65. The molecule has 3 aromatic heterocycles. The lowest BCUT2D eigenvalue weighted by Gasteiger charge is -2.23. The maximum atomic E-state index is 15.2. The van der Waals surface area contributed by atoms with Gasteiger partial charge in [-0.15, -0.1) is 0 Å². The van der Waals surface area contributed by atoms with Crippen molar-refractivity contribution in [2.75, 3.05) is 12.3 Å². The number of halogens is 5. The summed E-state index contributed by atoms with van der Waals surface area (Å²) in [6.45, 7) is 1.13. The van der Waals surface area contributed by atoms with Crippen molar-refractivity contribution in [3.63, 3.8) is 0 Å². The number of rotatable bonds is 4. The Labute approximate surface area is 166 Å². The molecule has 0 saturated carbocycles. The van der Waals surface area contributed by atoms with E-state index in [-0.39, 0.29) is 28.9 Å². The molecule has 11 heteroatoms. The zero-order chi connectivity index (χ0) is 20.9. The molecule has 0 aliphatic carbocycles.